The van der Waals surface area contributed by atoms with Crippen molar-refractivity contribution in [3.8, 4) is 11.1 Å². The van der Waals surface area contributed by atoms with E-state index in [1.807, 2.05) is 59.9 Å². The molecule has 1 aliphatic rings. The van der Waals surface area contributed by atoms with Crippen molar-refractivity contribution in [2.45, 2.75) is 31.5 Å². The maximum Gasteiger partial charge on any atom is 0.405 e. The Morgan fingerprint density at radius 2 is 1.73 bits per heavy atom. The van der Waals surface area contributed by atoms with E-state index in [9.17, 15) is 22.8 Å². The third-order valence-corrected chi connectivity index (χ3v) is 5.04. The first-order chi connectivity index (χ1) is 14.3. The number of rotatable bonds is 7. The van der Waals surface area contributed by atoms with Gasteiger partial charge in [-0.05, 0) is 31.0 Å². The molecule has 160 valence electrons. The summed E-state index contributed by atoms with van der Waals surface area (Å²) in [4.78, 5) is 26.4. The van der Waals surface area contributed by atoms with Gasteiger partial charge in [0.05, 0.1) is 6.04 Å². The maximum absolute atomic E-state index is 12.5. The zero-order chi connectivity index (χ0) is 21.6. The lowest BCUT2D eigenvalue weighted by Crippen LogP contribution is -2.46. The molecule has 1 aliphatic heterocycles. The molecule has 1 saturated heterocycles. The Morgan fingerprint density at radius 1 is 1.03 bits per heavy atom. The fraction of sp³-hybridized carbons (Fsp3) is 0.364. The molecule has 2 aromatic rings. The standard InChI is InChI=1S/C22H24F3N3O2/c23-22(24,25)15-26-21(30)19-11-6-13-28(19)14-12-20(29)27-18-10-5-4-9-17(18)16-7-2-1-3-8-16/h1-5,7-10,19H,6,11-15H2,(H,26,30)(H,27,29). The summed E-state index contributed by atoms with van der Waals surface area (Å²) in [6, 6.07) is 16.5. The topological polar surface area (TPSA) is 61.4 Å². The lowest BCUT2D eigenvalue weighted by molar-refractivity contribution is -0.141. The number of carbonyl (C=O) groups is 2. The first kappa shape index (κ1) is 21.8. The maximum atomic E-state index is 12.5. The van der Waals surface area contributed by atoms with Crippen LogP contribution in [0, 0.1) is 0 Å². The minimum atomic E-state index is -4.44. The lowest BCUT2D eigenvalue weighted by atomic mass is 10.0. The van der Waals surface area contributed by atoms with E-state index in [4.69, 9.17) is 0 Å². The number of nitrogens with one attached hydrogen (secondary N) is 2. The lowest BCUT2D eigenvalue weighted by Gasteiger charge is -2.23. The van der Waals surface area contributed by atoms with Crippen LogP contribution in [0.2, 0.25) is 0 Å². The van der Waals surface area contributed by atoms with Gasteiger partial charge in [-0.1, -0.05) is 48.5 Å². The second-order valence-electron chi connectivity index (χ2n) is 7.24. The Bertz CT molecular complexity index is 871. The molecule has 8 heteroatoms. The first-order valence-corrected chi connectivity index (χ1v) is 9.86. The summed E-state index contributed by atoms with van der Waals surface area (Å²) in [7, 11) is 0. The van der Waals surface area contributed by atoms with Crippen molar-refractivity contribution >= 4 is 17.5 Å². The van der Waals surface area contributed by atoms with Gasteiger partial charge in [0.2, 0.25) is 11.8 Å². The van der Waals surface area contributed by atoms with Gasteiger partial charge < -0.3 is 10.6 Å². The molecule has 0 saturated carbocycles. The zero-order valence-corrected chi connectivity index (χ0v) is 16.4. The van der Waals surface area contributed by atoms with Crippen LogP contribution in [0.25, 0.3) is 11.1 Å². The summed E-state index contributed by atoms with van der Waals surface area (Å²) in [6.07, 6.45) is -3.10. The van der Waals surface area contributed by atoms with E-state index in [0.717, 1.165) is 11.1 Å². The molecule has 1 heterocycles. The molecule has 1 fully saturated rings. The number of carbonyl (C=O) groups excluding carboxylic acids is 2. The Balaban J connectivity index is 1.56. The smallest absolute Gasteiger partial charge is 0.346 e. The molecule has 3 rings (SSSR count). The van der Waals surface area contributed by atoms with E-state index in [0.29, 0.717) is 31.6 Å². The SMILES string of the molecule is O=C(CCN1CCCC1C(=O)NCC(F)(F)F)Nc1ccccc1-c1ccccc1. The van der Waals surface area contributed by atoms with Gasteiger partial charge in [-0.2, -0.15) is 13.2 Å². The van der Waals surface area contributed by atoms with Gasteiger partial charge >= 0.3 is 6.18 Å². The van der Waals surface area contributed by atoms with Crippen LogP contribution in [-0.4, -0.2) is 48.6 Å². The number of para-hydroxylation sites is 1. The number of benzene rings is 2. The van der Waals surface area contributed by atoms with Gasteiger partial charge in [0, 0.05) is 24.2 Å². The molecular weight excluding hydrogens is 395 g/mol. The second-order valence-corrected chi connectivity index (χ2v) is 7.24. The van der Waals surface area contributed by atoms with E-state index >= 15 is 0 Å². The number of halogens is 3. The predicted octanol–water partition coefficient (Wildman–Crippen LogP) is 3.83. The molecule has 0 aromatic heterocycles. The normalized spacial score (nSPS) is 17.0. The van der Waals surface area contributed by atoms with Gasteiger partial charge in [-0.3, -0.25) is 14.5 Å². The molecule has 0 radical (unpaired) electrons. The highest BCUT2D eigenvalue weighted by molar-refractivity contribution is 5.95. The quantitative estimate of drug-likeness (QED) is 0.717. The minimum absolute atomic E-state index is 0.145. The fourth-order valence-electron chi connectivity index (χ4n) is 3.62. The Labute approximate surface area is 173 Å². The highest BCUT2D eigenvalue weighted by Gasteiger charge is 2.34. The number of anilines is 1. The number of amides is 2. The van der Waals surface area contributed by atoms with Gasteiger partial charge in [0.25, 0.3) is 0 Å². The van der Waals surface area contributed by atoms with E-state index in [1.165, 1.54) is 0 Å². The van der Waals surface area contributed by atoms with E-state index in [2.05, 4.69) is 5.32 Å². The average molecular weight is 419 g/mol. The van der Waals surface area contributed by atoms with Gasteiger partial charge in [0.15, 0.2) is 0 Å². The summed E-state index contributed by atoms with van der Waals surface area (Å²) in [5.74, 6) is -0.848. The Morgan fingerprint density at radius 3 is 2.47 bits per heavy atom. The predicted molar refractivity (Wildman–Crippen MR) is 109 cm³/mol. The van der Waals surface area contributed by atoms with Crippen LogP contribution in [-0.2, 0) is 9.59 Å². The fourth-order valence-corrected chi connectivity index (χ4v) is 3.62. The van der Waals surface area contributed by atoms with E-state index in [-0.39, 0.29) is 12.3 Å². The van der Waals surface area contributed by atoms with Crippen molar-refractivity contribution in [3.05, 3.63) is 54.6 Å². The van der Waals surface area contributed by atoms with Crippen molar-refractivity contribution < 1.29 is 22.8 Å². The monoisotopic (exact) mass is 419 g/mol. The van der Waals surface area contributed by atoms with Gasteiger partial charge in [0.1, 0.15) is 6.54 Å². The summed E-state index contributed by atoms with van der Waals surface area (Å²) >= 11 is 0. The summed E-state index contributed by atoms with van der Waals surface area (Å²) < 4.78 is 37.0. The molecule has 0 spiro atoms. The molecule has 2 N–H and O–H groups in total. The summed E-state index contributed by atoms with van der Waals surface area (Å²) in [5.41, 5.74) is 2.57. The number of hydrogen-bond donors (Lipinski definition) is 2. The molecule has 30 heavy (non-hydrogen) atoms. The van der Waals surface area contributed by atoms with Crippen LogP contribution in [0.3, 0.4) is 0 Å². The van der Waals surface area contributed by atoms with Crippen molar-refractivity contribution in [1.29, 1.82) is 0 Å². The van der Waals surface area contributed by atoms with Crippen LogP contribution in [0.15, 0.2) is 54.6 Å². The third kappa shape index (κ3) is 6.06. The zero-order valence-electron chi connectivity index (χ0n) is 16.4. The summed E-state index contributed by atoms with van der Waals surface area (Å²) in [6.45, 7) is -0.450. The molecular formula is C22H24F3N3O2. The van der Waals surface area contributed by atoms with Crippen molar-refractivity contribution in [3.63, 3.8) is 0 Å². The second kappa shape index (κ2) is 9.75. The number of alkyl halides is 3. The molecule has 1 unspecified atom stereocenters. The minimum Gasteiger partial charge on any atom is -0.346 e. The van der Waals surface area contributed by atoms with Crippen molar-refractivity contribution in [1.82, 2.24) is 10.2 Å². The van der Waals surface area contributed by atoms with Crippen molar-refractivity contribution in [2.75, 3.05) is 25.0 Å². The van der Waals surface area contributed by atoms with Crippen LogP contribution < -0.4 is 10.6 Å². The average Bonchev–Trinajstić information content (AvgIpc) is 3.20. The molecule has 2 amide bonds. The Hall–Kier alpha value is -2.87. The van der Waals surface area contributed by atoms with Crippen LogP contribution >= 0.6 is 0 Å². The van der Waals surface area contributed by atoms with E-state index in [1.54, 1.807) is 4.90 Å². The van der Waals surface area contributed by atoms with E-state index < -0.39 is 24.7 Å². The van der Waals surface area contributed by atoms with Gasteiger partial charge in [-0.25, -0.2) is 0 Å². The van der Waals surface area contributed by atoms with Crippen LogP contribution in [0.5, 0.6) is 0 Å². The number of likely N-dealkylation sites (tertiary alicyclic amines) is 1. The largest absolute Gasteiger partial charge is 0.405 e. The summed E-state index contributed by atoms with van der Waals surface area (Å²) in [5, 5.41) is 4.85. The number of nitrogens with zero attached hydrogens (tertiary/aromatic N) is 1. The molecule has 2 aromatic carbocycles. The number of hydrogen-bond acceptors (Lipinski definition) is 3. The highest BCUT2D eigenvalue weighted by atomic mass is 19.4. The third-order valence-electron chi connectivity index (χ3n) is 5.04. The first-order valence-electron chi connectivity index (χ1n) is 9.86. The van der Waals surface area contributed by atoms with Crippen LogP contribution in [0.4, 0.5) is 18.9 Å². The molecule has 0 bridgehead atoms. The molecule has 0 aliphatic carbocycles. The van der Waals surface area contributed by atoms with Crippen molar-refractivity contribution in [2.24, 2.45) is 0 Å². The van der Waals surface area contributed by atoms with Crippen LogP contribution in [0.1, 0.15) is 19.3 Å². The molecule has 1 atom stereocenters. The molecule has 5 nitrogen and oxygen atoms in total. The Kier molecular flexibility index (Phi) is 7.10. The highest BCUT2D eigenvalue weighted by Crippen LogP contribution is 2.27. The van der Waals surface area contributed by atoms with Gasteiger partial charge in [-0.15, -0.1) is 0 Å².